The van der Waals surface area contributed by atoms with Crippen molar-refractivity contribution in [2.75, 3.05) is 0 Å². The maximum absolute atomic E-state index is 5.11. The topological polar surface area (TPSA) is 46.9 Å². The van der Waals surface area contributed by atoms with Crippen LogP contribution >= 0.6 is 0 Å². The highest BCUT2D eigenvalue weighted by Crippen LogP contribution is 2.38. The molecule has 2 aromatic heterocycles. The molecule has 10 aromatic carbocycles. The highest BCUT2D eigenvalue weighted by Gasteiger charge is 2.17. The molecule has 326 valence electrons. The quantitative estimate of drug-likeness (QED) is 0.102. The zero-order chi connectivity index (χ0) is 46.1. The fraction of sp³-hybridized carbons (Fsp3) is 0.0156. The van der Waals surface area contributed by atoms with E-state index in [-0.39, 0.29) is 0 Å². The SMILES string of the molecule is C=NC(=NC(=NCc1cccc(-c2ccc3c(c2)c2ccccc2n3-c2cccc(-c3ccc4c5ccccc5n(-c5ccccc5)c4c3)c2)c1)c1ccccc1)c1ccc(-c2ccccc2)cc1. The number of amidine groups is 2. The largest absolute Gasteiger partial charge is 0.309 e. The minimum atomic E-state index is 0.443. The maximum Gasteiger partial charge on any atom is 0.161 e. The molecule has 0 aliphatic heterocycles. The lowest BCUT2D eigenvalue weighted by Gasteiger charge is -2.12. The number of hydrogen-bond donors (Lipinski definition) is 0. The first-order valence-electron chi connectivity index (χ1n) is 23.3. The van der Waals surface area contributed by atoms with E-state index in [1.807, 2.05) is 60.7 Å². The van der Waals surface area contributed by atoms with E-state index in [9.17, 15) is 0 Å². The van der Waals surface area contributed by atoms with Crippen molar-refractivity contribution < 1.29 is 0 Å². The zero-order valence-corrected chi connectivity index (χ0v) is 37.8. The summed E-state index contributed by atoms with van der Waals surface area (Å²) in [6, 6.07) is 88.1. The monoisotopic (exact) mass is 883 g/mol. The third-order valence-electron chi connectivity index (χ3n) is 13.1. The molecule has 5 nitrogen and oxygen atoms in total. The lowest BCUT2D eigenvalue weighted by Crippen LogP contribution is -2.05. The summed E-state index contributed by atoms with van der Waals surface area (Å²) in [5, 5.41) is 4.91. The normalized spacial score (nSPS) is 12.1. The van der Waals surface area contributed by atoms with Crippen LogP contribution in [0.2, 0.25) is 0 Å². The van der Waals surface area contributed by atoms with Gasteiger partial charge in [0.05, 0.1) is 28.6 Å². The lowest BCUT2D eigenvalue weighted by molar-refractivity contribution is 1.06. The van der Waals surface area contributed by atoms with Crippen LogP contribution in [0, 0.1) is 0 Å². The molecular weight excluding hydrogens is 839 g/mol. The Morgan fingerprint density at radius 1 is 0.333 bits per heavy atom. The van der Waals surface area contributed by atoms with Gasteiger partial charge in [-0.3, -0.25) is 4.99 Å². The highest BCUT2D eigenvalue weighted by molar-refractivity contribution is 6.13. The van der Waals surface area contributed by atoms with Gasteiger partial charge in [-0.15, -0.1) is 0 Å². The van der Waals surface area contributed by atoms with Gasteiger partial charge in [0.15, 0.2) is 11.7 Å². The van der Waals surface area contributed by atoms with Crippen LogP contribution in [0.1, 0.15) is 16.7 Å². The lowest BCUT2D eigenvalue weighted by atomic mass is 10.0. The Labute approximate surface area is 401 Å². The van der Waals surface area contributed by atoms with Crippen LogP contribution in [0.4, 0.5) is 0 Å². The number of hydrogen-bond acceptors (Lipinski definition) is 1. The number of rotatable bonds is 9. The number of nitrogens with zero attached hydrogens (tertiary/aromatic N) is 5. The van der Waals surface area contributed by atoms with Gasteiger partial charge in [0.1, 0.15) is 0 Å². The fourth-order valence-corrected chi connectivity index (χ4v) is 9.79. The van der Waals surface area contributed by atoms with E-state index in [0.717, 1.165) is 61.4 Å². The van der Waals surface area contributed by atoms with Crippen LogP contribution in [0.3, 0.4) is 0 Å². The van der Waals surface area contributed by atoms with Gasteiger partial charge in [0.25, 0.3) is 0 Å². The first kappa shape index (κ1) is 41.3. The number of benzene rings is 10. The second-order valence-electron chi connectivity index (χ2n) is 17.3. The summed E-state index contributed by atoms with van der Waals surface area (Å²) in [7, 11) is 0. The van der Waals surface area contributed by atoms with Crippen molar-refractivity contribution in [3.8, 4) is 44.8 Å². The molecule has 69 heavy (non-hydrogen) atoms. The van der Waals surface area contributed by atoms with E-state index >= 15 is 0 Å². The van der Waals surface area contributed by atoms with Crippen molar-refractivity contribution in [3.05, 3.63) is 265 Å². The Kier molecular flexibility index (Phi) is 10.7. The van der Waals surface area contributed by atoms with Crippen molar-refractivity contribution in [1.29, 1.82) is 0 Å². The van der Waals surface area contributed by atoms with Crippen molar-refractivity contribution in [1.82, 2.24) is 9.13 Å². The van der Waals surface area contributed by atoms with Crippen LogP contribution in [-0.4, -0.2) is 27.5 Å². The highest BCUT2D eigenvalue weighted by atomic mass is 15.0. The summed E-state index contributed by atoms with van der Waals surface area (Å²) in [4.78, 5) is 14.5. The molecule has 0 spiro atoms. The molecule has 0 fully saturated rings. The summed E-state index contributed by atoms with van der Waals surface area (Å²) in [5.41, 5.74) is 16.8. The van der Waals surface area contributed by atoms with E-state index in [4.69, 9.17) is 9.98 Å². The molecule has 5 heteroatoms. The van der Waals surface area contributed by atoms with Gasteiger partial charge in [-0.25, -0.2) is 9.98 Å². The Morgan fingerprint density at radius 3 is 1.57 bits per heavy atom. The molecule has 0 bridgehead atoms. The molecule has 12 aromatic rings. The molecule has 0 radical (unpaired) electrons. The molecule has 0 unspecified atom stereocenters. The molecule has 0 amide bonds. The molecule has 0 atom stereocenters. The van der Waals surface area contributed by atoms with Crippen LogP contribution in [0.25, 0.3) is 88.4 Å². The molecule has 0 saturated carbocycles. The minimum absolute atomic E-state index is 0.443. The van der Waals surface area contributed by atoms with E-state index in [1.54, 1.807) is 0 Å². The number of para-hydroxylation sites is 3. The fourth-order valence-electron chi connectivity index (χ4n) is 9.79. The second kappa shape index (κ2) is 17.9. The van der Waals surface area contributed by atoms with Crippen molar-refractivity contribution in [2.45, 2.75) is 6.54 Å². The summed E-state index contributed by atoms with van der Waals surface area (Å²) in [5.74, 6) is 1.12. The molecule has 2 heterocycles. The number of aromatic nitrogens is 2. The van der Waals surface area contributed by atoms with E-state index < -0.39 is 0 Å². The third-order valence-corrected chi connectivity index (χ3v) is 13.1. The molecule has 0 N–H and O–H groups in total. The average molecular weight is 884 g/mol. The van der Waals surface area contributed by atoms with Crippen LogP contribution in [-0.2, 0) is 6.54 Å². The van der Waals surface area contributed by atoms with E-state index in [2.05, 4.69) is 209 Å². The van der Waals surface area contributed by atoms with Gasteiger partial charge in [0.2, 0.25) is 0 Å². The van der Waals surface area contributed by atoms with Crippen molar-refractivity contribution in [2.24, 2.45) is 15.0 Å². The summed E-state index contributed by atoms with van der Waals surface area (Å²) in [6.07, 6.45) is 0. The van der Waals surface area contributed by atoms with Crippen LogP contribution < -0.4 is 0 Å². The Hall–Kier alpha value is -9.19. The van der Waals surface area contributed by atoms with Crippen molar-refractivity contribution >= 4 is 62.0 Å². The number of fused-ring (bicyclic) bond motifs is 6. The van der Waals surface area contributed by atoms with Gasteiger partial charge in [0, 0.05) is 44.0 Å². The van der Waals surface area contributed by atoms with Gasteiger partial charge < -0.3 is 9.13 Å². The standard InChI is InChI=1S/C64H45N5/c1-65-63(48-33-31-46(32-34-48)45-18-5-2-6-19-45)67-64(47-20-7-3-8-21-47)66-43-44-17-15-22-49(39-44)51-36-38-61-58(41-51)56-28-12-14-30-60(56)69(61)54-26-16-23-50(40-54)52-35-37-57-55-27-11-13-29-59(55)68(62(57)42-52)53-24-9-4-10-25-53/h2-42H,1,43H2. The predicted octanol–water partition coefficient (Wildman–Crippen LogP) is 16.0. The first-order valence-corrected chi connectivity index (χ1v) is 23.3. The summed E-state index contributed by atoms with van der Waals surface area (Å²) in [6.45, 7) is 4.33. The third kappa shape index (κ3) is 7.82. The summed E-state index contributed by atoms with van der Waals surface area (Å²) >= 11 is 0. The van der Waals surface area contributed by atoms with Crippen LogP contribution in [0.15, 0.2) is 264 Å². The molecular formula is C64H45N5. The van der Waals surface area contributed by atoms with Gasteiger partial charge in [-0.05, 0) is 106 Å². The predicted molar refractivity (Wildman–Crippen MR) is 291 cm³/mol. The molecule has 0 aliphatic rings. The van der Waals surface area contributed by atoms with Crippen molar-refractivity contribution in [3.63, 3.8) is 0 Å². The van der Waals surface area contributed by atoms with Gasteiger partial charge >= 0.3 is 0 Å². The zero-order valence-electron chi connectivity index (χ0n) is 37.8. The Balaban J connectivity index is 0.876. The van der Waals surface area contributed by atoms with Gasteiger partial charge in [-0.2, -0.15) is 0 Å². The maximum atomic E-state index is 5.11. The minimum Gasteiger partial charge on any atom is -0.309 e. The van der Waals surface area contributed by atoms with E-state index in [1.165, 1.54) is 43.7 Å². The Morgan fingerprint density at radius 2 is 0.826 bits per heavy atom. The second-order valence-corrected chi connectivity index (χ2v) is 17.3. The first-order chi connectivity index (χ1) is 34.2. The van der Waals surface area contributed by atoms with Crippen LogP contribution in [0.5, 0.6) is 0 Å². The smallest absolute Gasteiger partial charge is 0.161 e. The molecule has 0 saturated heterocycles. The molecule has 0 aliphatic carbocycles. The average Bonchev–Trinajstić information content (AvgIpc) is 3.94. The van der Waals surface area contributed by atoms with Gasteiger partial charge in [-0.1, -0.05) is 188 Å². The summed E-state index contributed by atoms with van der Waals surface area (Å²) < 4.78 is 4.78. The van der Waals surface area contributed by atoms with E-state index in [0.29, 0.717) is 18.2 Å². The number of aliphatic imine (C=N–C) groups is 3. The molecule has 12 rings (SSSR count). The Bertz CT molecular complexity index is 3920.